The monoisotopic (exact) mass is 291 g/mol. The summed E-state index contributed by atoms with van der Waals surface area (Å²) in [6, 6.07) is 0.507. The van der Waals surface area contributed by atoms with Gasteiger partial charge in [0.25, 0.3) is 0 Å². The van der Waals surface area contributed by atoms with Crippen LogP contribution < -0.4 is 5.73 Å². The minimum absolute atomic E-state index is 0. The fourth-order valence-corrected chi connectivity index (χ4v) is 0.285. The summed E-state index contributed by atoms with van der Waals surface area (Å²) in [5.74, 6) is -0.398. The van der Waals surface area contributed by atoms with Crippen LogP contribution in [-0.2, 0) is 37.5 Å². The van der Waals surface area contributed by atoms with Gasteiger partial charge in [-0.2, -0.15) is 20.8 Å². The summed E-state index contributed by atoms with van der Waals surface area (Å²) in [6.07, 6.45) is 2.20. The summed E-state index contributed by atoms with van der Waals surface area (Å²) in [6.45, 7) is 11.7. The Kier molecular flexibility index (Phi) is 13.3. The Morgan fingerprint density at radius 2 is 1.73 bits per heavy atom. The van der Waals surface area contributed by atoms with Crippen LogP contribution in [0.1, 0.15) is 41.5 Å². The second-order valence-electron chi connectivity index (χ2n) is 4.32. The van der Waals surface area contributed by atoms with Crippen molar-refractivity contribution in [2.24, 2.45) is 5.41 Å². The molecule has 0 aliphatic rings. The molecular weight excluding hydrogens is 267 g/mol. The molecule has 0 fully saturated rings. The molecule has 4 N–H and O–H groups in total. The molecule has 4 heteroatoms. The number of carboxylic acids is 1. The van der Waals surface area contributed by atoms with Gasteiger partial charge in [0.2, 0.25) is 0 Å². The largest absolute Gasteiger partial charge is 0.503 e. The molecule has 3 nitrogen and oxygen atoms in total. The quantitative estimate of drug-likeness (QED) is 0.775. The molecule has 0 aromatic heterocycles. The van der Waals surface area contributed by atoms with Crippen LogP contribution in [0.25, 0.3) is 0 Å². The molecule has 0 aliphatic carbocycles. The zero-order chi connectivity index (χ0) is 11.9. The van der Waals surface area contributed by atoms with E-state index in [4.69, 9.17) is 5.11 Å². The minimum atomic E-state index is -0.824. The predicted octanol–water partition coefficient (Wildman–Crippen LogP) is 1.55. The maximum Gasteiger partial charge on any atom is 0.166 e. The van der Waals surface area contributed by atoms with E-state index in [0.29, 0.717) is 17.4 Å². The Morgan fingerprint density at radius 3 is 1.73 bits per heavy atom. The first-order chi connectivity index (χ1) is 6.15. The molecule has 0 saturated carbocycles. The summed E-state index contributed by atoms with van der Waals surface area (Å²) >= 11 is 0. The molecule has 15 heavy (non-hydrogen) atoms. The first-order valence-electron chi connectivity index (χ1n) is 4.82. The second-order valence-corrected chi connectivity index (χ2v) is 4.32. The smallest absolute Gasteiger partial charge is 0.166 e. The van der Waals surface area contributed by atoms with Gasteiger partial charge in [-0.1, -0.05) is 13.8 Å². The molecule has 0 aromatic carbocycles. The molecule has 89 valence electrons. The molecule has 0 aliphatic heterocycles. The third kappa shape index (κ3) is 12.3. The van der Waals surface area contributed by atoms with E-state index in [0.717, 1.165) is 0 Å². The van der Waals surface area contributed by atoms with Crippen LogP contribution in [0.2, 0.25) is 0 Å². The Hall–Kier alpha value is 0.404. The van der Waals surface area contributed by atoms with E-state index in [1.807, 2.05) is 0 Å². The van der Waals surface area contributed by atoms with Crippen LogP contribution in [0.4, 0.5) is 0 Å². The summed E-state index contributed by atoms with van der Waals surface area (Å²) in [4.78, 5) is 9.66. The van der Waals surface area contributed by atoms with Crippen LogP contribution >= 0.6 is 0 Å². The van der Waals surface area contributed by atoms with Crippen LogP contribution in [0.3, 0.4) is 0 Å². The van der Waals surface area contributed by atoms with Gasteiger partial charge >= 0.3 is 0 Å². The summed E-state index contributed by atoms with van der Waals surface area (Å²) in [7, 11) is 0. The van der Waals surface area contributed by atoms with Crippen LogP contribution in [-0.4, -0.2) is 17.1 Å². The number of carbonyl (C=O) groups is 1. The van der Waals surface area contributed by atoms with Gasteiger partial charge in [0.05, 0.1) is 6.04 Å². The fourth-order valence-electron chi connectivity index (χ4n) is 0.285. The molecule has 0 amide bonds. The van der Waals surface area contributed by atoms with Gasteiger partial charge in [-0.3, -0.25) is 10.7 Å². The molecule has 1 unspecified atom stereocenters. The minimum Gasteiger partial charge on any atom is -0.503 e. The molecule has 0 aromatic rings. The summed E-state index contributed by atoms with van der Waals surface area (Å²) in [5, 5.41) is 7.95. The summed E-state index contributed by atoms with van der Waals surface area (Å²) in [5.41, 5.74) is 4.26. The number of rotatable bonds is 3. The van der Waals surface area contributed by atoms with Gasteiger partial charge in [0.1, 0.15) is 0 Å². The standard InChI is InChI=1S/C7H16N.C4H7O2.Y/c1-5-7(3,4)6(2)8;1-3(2)4(5)6;/h5-6H,8H2,1-4H3;1-2H3,(H,5,6);/q2*-1;/p+1. The zero-order valence-corrected chi connectivity index (χ0v) is 13.6. The Labute approximate surface area is 119 Å². The SMILES string of the molecule is C[C-](C)C(=O)O.C[CH-]C(C)(C)C(C)[NH3+].[Y]. The number of hydrogen-bond acceptors (Lipinski definition) is 1. The Morgan fingerprint density at radius 1 is 1.47 bits per heavy atom. The number of aliphatic carboxylic acids is 1. The molecular formula is C11H24NO2Y-. The molecule has 1 radical (unpaired) electrons. The van der Waals surface area contributed by atoms with Crippen LogP contribution in [0, 0.1) is 17.8 Å². The van der Waals surface area contributed by atoms with Gasteiger partial charge in [-0.05, 0) is 6.92 Å². The molecule has 0 heterocycles. The fraction of sp³-hybridized carbons (Fsp3) is 0.727. The van der Waals surface area contributed by atoms with E-state index in [1.165, 1.54) is 0 Å². The molecule has 1 atom stereocenters. The number of carboxylic acid groups (broad SMARTS) is 1. The van der Waals surface area contributed by atoms with Crippen molar-refractivity contribution in [3.63, 3.8) is 0 Å². The first-order valence-corrected chi connectivity index (χ1v) is 4.82. The zero-order valence-electron chi connectivity index (χ0n) is 10.8. The molecule has 0 bridgehead atoms. The van der Waals surface area contributed by atoms with E-state index in [1.54, 1.807) is 13.8 Å². The first kappa shape index (κ1) is 20.8. The topological polar surface area (TPSA) is 64.9 Å². The van der Waals surface area contributed by atoms with Gasteiger partial charge in [-0.25, -0.2) is 0 Å². The van der Waals surface area contributed by atoms with Gasteiger partial charge in [0, 0.05) is 32.7 Å². The average Bonchev–Trinajstić information content (AvgIpc) is 2.05. The van der Waals surface area contributed by atoms with Crippen molar-refractivity contribution in [1.29, 1.82) is 0 Å². The predicted molar refractivity (Wildman–Crippen MR) is 58.3 cm³/mol. The van der Waals surface area contributed by atoms with Crippen molar-refractivity contribution >= 4 is 5.97 Å². The number of hydrogen-bond donors (Lipinski definition) is 2. The van der Waals surface area contributed by atoms with Crippen molar-refractivity contribution in [2.45, 2.75) is 47.6 Å². The van der Waals surface area contributed by atoms with Gasteiger partial charge < -0.3 is 17.3 Å². The van der Waals surface area contributed by atoms with Crippen molar-refractivity contribution in [3.05, 3.63) is 12.3 Å². The third-order valence-electron chi connectivity index (χ3n) is 2.44. The van der Waals surface area contributed by atoms with Crippen molar-refractivity contribution in [3.8, 4) is 0 Å². The van der Waals surface area contributed by atoms with Gasteiger partial charge in [0.15, 0.2) is 5.97 Å². The average molecular weight is 291 g/mol. The molecule has 0 saturated heterocycles. The maximum atomic E-state index is 9.66. The Balaban J connectivity index is -0.000000187. The number of quaternary nitrogens is 1. The normalized spacial score (nSPS) is 11.7. The van der Waals surface area contributed by atoms with Gasteiger partial charge in [-0.15, -0.1) is 5.41 Å². The second kappa shape index (κ2) is 9.62. The van der Waals surface area contributed by atoms with E-state index >= 15 is 0 Å². The van der Waals surface area contributed by atoms with E-state index in [-0.39, 0.29) is 32.7 Å². The molecule has 0 rings (SSSR count). The van der Waals surface area contributed by atoms with Crippen molar-refractivity contribution < 1.29 is 48.3 Å². The van der Waals surface area contributed by atoms with Crippen molar-refractivity contribution in [1.82, 2.24) is 0 Å². The maximum absolute atomic E-state index is 9.66. The Bertz CT molecular complexity index is 168. The van der Waals surface area contributed by atoms with Crippen LogP contribution in [0.15, 0.2) is 0 Å². The van der Waals surface area contributed by atoms with Crippen molar-refractivity contribution in [2.75, 3.05) is 0 Å². The van der Waals surface area contributed by atoms with Crippen LogP contribution in [0.5, 0.6) is 0 Å². The third-order valence-corrected chi connectivity index (χ3v) is 2.44. The van der Waals surface area contributed by atoms with E-state index in [2.05, 4.69) is 39.8 Å². The molecule has 0 spiro atoms. The summed E-state index contributed by atoms with van der Waals surface area (Å²) < 4.78 is 0. The van der Waals surface area contributed by atoms with E-state index < -0.39 is 5.97 Å². The van der Waals surface area contributed by atoms with E-state index in [9.17, 15) is 4.79 Å².